The van der Waals surface area contributed by atoms with Gasteiger partial charge in [-0.3, -0.25) is 9.69 Å². The average molecular weight is 381 g/mol. The van der Waals surface area contributed by atoms with Crippen molar-refractivity contribution in [1.29, 1.82) is 0 Å². The number of benzene rings is 1. The lowest BCUT2D eigenvalue weighted by Gasteiger charge is -2.55. The second-order valence-corrected chi connectivity index (χ2v) is 9.32. The molecule has 0 aliphatic carbocycles. The third kappa shape index (κ3) is 2.96. The minimum absolute atomic E-state index is 0.0329. The number of hydrogen-bond acceptors (Lipinski definition) is 5. The van der Waals surface area contributed by atoms with Crippen molar-refractivity contribution in [3.8, 4) is 0 Å². The Hall–Kier alpha value is -1.12. The molecule has 0 amide bonds. The van der Waals surface area contributed by atoms with Crippen molar-refractivity contribution in [1.82, 2.24) is 4.90 Å². The monoisotopic (exact) mass is 381 g/mol. The predicted molar refractivity (Wildman–Crippen MR) is 99.1 cm³/mol. The Morgan fingerprint density at radius 2 is 2.00 bits per heavy atom. The van der Waals surface area contributed by atoms with Gasteiger partial charge in [-0.25, -0.2) is 4.21 Å². The molecule has 0 aromatic heterocycles. The first-order valence-corrected chi connectivity index (χ1v) is 10.0. The van der Waals surface area contributed by atoms with Crippen LogP contribution in [0.3, 0.4) is 0 Å². The third-order valence-corrected chi connectivity index (χ3v) is 7.16. The summed E-state index contributed by atoms with van der Waals surface area (Å²) in [5.41, 5.74) is 0.879. The highest BCUT2D eigenvalue weighted by atomic mass is 32.2. The standard InChI is InChI=1S/C19H27NO5S/c1-18(2,26(23)24)15-6-4-13(5-7-15)16-10-14-8-9-20(16)19(11-21,12-25-3)17(14)22/h4-7,14,16,21H,8-12H2,1-3H3,(H,23,24)/t14?,16-,19?/m0/s1. The molecule has 2 N–H and O–H groups in total. The Kier molecular flexibility index (Phi) is 5.38. The molecule has 3 aliphatic rings. The number of Topliss-reactive ketones (excluding diaryl/α,β-unsaturated/α-hetero) is 1. The summed E-state index contributed by atoms with van der Waals surface area (Å²) in [5.74, 6) is 0.0196. The largest absolute Gasteiger partial charge is 0.394 e. The fraction of sp³-hybridized carbons (Fsp3) is 0.632. The molecule has 2 bridgehead atoms. The molecule has 0 radical (unpaired) electrons. The van der Waals surface area contributed by atoms with Crippen LogP contribution in [0, 0.1) is 5.92 Å². The number of ether oxygens (including phenoxy) is 1. The number of aliphatic hydroxyl groups excluding tert-OH is 1. The number of ketones is 1. The number of aliphatic hydroxyl groups is 1. The minimum atomic E-state index is -1.97. The zero-order chi connectivity index (χ0) is 19.1. The van der Waals surface area contributed by atoms with Crippen molar-refractivity contribution in [3.05, 3.63) is 35.4 Å². The van der Waals surface area contributed by atoms with E-state index in [1.807, 2.05) is 24.3 Å². The van der Waals surface area contributed by atoms with Crippen molar-refractivity contribution in [2.24, 2.45) is 5.92 Å². The van der Waals surface area contributed by atoms with Crippen LogP contribution in [0.25, 0.3) is 0 Å². The molecule has 7 heteroatoms. The third-order valence-electron chi connectivity index (χ3n) is 6.05. The molecule has 3 heterocycles. The summed E-state index contributed by atoms with van der Waals surface area (Å²) < 4.78 is 25.5. The van der Waals surface area contributed by atoms with Crippen molar-refractivity contribution in [2.75, 3.05) is 26.9 Å². The van der Waals surface area contributed by atoms with Crippen molar-refractivity contribution in [2.45, 2.75) is 43.0 Å². The van der Waals surface area contributed by atoms with Gasteiger partial charge in [0.25, 0.3) is 0 Å². The van der Waals surface area contributed by atoms with E-state index >= 15 is 0 Å². The maximum Gasteiger partial charge on any atom is 0.163 e. The summed E-state index contributed by atoms with van der Waals surface area (Å²) in [4.78, 5) is 14.9. The molecule has 6 nitrogen and oxygen atoms in total. The lowest BCUT2D eigenvalue weighted by atomic mass is 9.69. The summed E-state index contributed by atoms with van der Waals surface area (Å²) in [7, 11) is 1.55. The number of carbonyl (C=O) groups is 1. The van der Waals surface area contributed by atoms with E-state index in [0.717, 1.165) is 30.5 Å². The molecular weight excluding hydrogens is 354 g/mol. The van der Waals surface area contributed by atoms with Gasteiger partial charge < -0.3 is 14.4 Å². The van der Waals surface area contributed by atoms with Crippen molar-refractivity contribution >= 4 is 16.9 Å². The van der Waals surface area contributed by atoms with E-state index in [0.29, 0.717) is 0 Å². The lowest BCUT2D eigenvalue weighted by Crippen LogP contribution is -2.69. The Morgan fingerprint density at radius 1 is 1.35 bits per heavy atom. The van der Waals surface area contributed by atoms with E-state index in [2.05, 4.69) is 4.90 Å². The van der Waals surface area contributed by atoms with Gasteiger partial charge in [0, 0.05) is 25.6 Å². The first-order chi connectivity index (χ1) is 12.3. The molecule has 144 valence electrons. The Labute approximate surface area is 156 Å². The maximum atomic E-state index is 12.8. The fourth-order valence-corrected chi connectivity index (χ4v) is 4.71. The van der Waals surface area contributed by atoms with E-state index in [4.69, 9.17) is 4.74 Å². The molecule has 3 saturated heterocycles. The number of rotatable bonds is 6. The SMILES string of the molecule is COCC1(CO)C(=O)C2CCN1[C@H](c1ccc(C(C)(C)S(=O)O)cc1)C2. The van der Waals surface area contributed by atoms with Gasteiger partial charge in [0.05, 0.1) is 18.0 Å². The van der Waals surface area contributed by atoms with Gasteiger partial charge in [-0.2, -0.15) is 0 Å². The van der Waals surface area contributed by atoms with Gasteiger partial charge in [0.2, 0.25) is 0 Å². The zero-order valence-corrected chi connectivity index (χ0v) is 16.3. The summed E-state index contributed by atoms with van der Waals surface area (Å²) in [5, 5.41) is 10.0. The molecule has 5 atom stereocenters. The topological polar surface area (TPSA) is 87.1 Å². The number of methoxy groups -OCH3 is 1. The van der Waals surface area contributed by atoms with Crippen molar-refractivity contribution < 1.29 is 23.4 Å². The molecular formula is C19H27NO5S. The Morgan fingerprint density at radius 3 is 2.54 bits per heavy atom. The highest BCUT2D eigenvalue weighted by Gasteiger charge is 2.56. The van der Waals surface area contributed by atoms with Gasteiger partial charge >= 0.3 is 0 Å². The minimum Gasteiger partial charge on any atom is -0.394 e. The smallest absolute Gasteiger partial charge is 0.163 e. The maximum absolute atomic E-state index is 12.8. The van der Waals surface area contributed by atoms with E-state index in [1.54, 1.807) is 21.0 Å². The second kappa shape index (κ2) is 7.13. The van der Waals surface area contributed by atoms with E-state index < -0.39 is 21.4 Å². The van der Waals surface area contributed by atoms with Gasteiger partial charge in [-0.05, 0) is 37.8 Å². The van der Waals surface area contributed by atoms with Crippen molar-refractivity contribution in [3.63, 3.8) is 0 Å². The normalized spacial score (nSPS) is 32.7. The van der Waals surface area contributed by atoms with Crippen LogP contribution in [-0.2, 0) is 25.4 Å². The molecule has 3 aliphatic heterocycles. The summed E-state index contributed by atoms with van der Waals surface area (Å²) in [6.07, 6.45) is 1.55. The molecule has 4 rings (SSSR count). The van der Waals surface area contributed by atoms with Crippen LogP contribution in [0.2, 0.25) is 0 Å². The van der Waals surface area contributed by atoms with E-state index in [9.17, 15) is 18.7 Å². The molecule has 26 heavy (non-hydrogen) atoms. The summed E-state index contributed by atoms with van der Waals surface area (Å²) >= 11 is -1.97. The molecule has 0 spiro atoms. The van der Waals surface area contributed by atoms with Crippen LogP contribution in [-0.4, -0.2) is 57.0 Å². The van der Waals surface area contributed by atoms with Gasteiger partial charge in [0.15, 0.2) is 16.9 Å². The molecule has 0 saturated carbocycles. The molecule has 1 aromatic carbocycles. The highest BCUT2D eigenvalue weighted by molar-refractivity contribution is 7.80. The molecule has 1 aromatic rings. The van der Waals surface area contributed by atoms with Crippen LogP contribution in [0.4, 0.5) is 0 Å². The predicted octanol–water partition coefficient (Wildman–Crippen LogP) is 1.86. The van der Waals surface area contributed by atoms with Crippen LogP contribution in [0.1, 0.15) is 43.9 Å². The van der Waals surface area contributed by atoms with Gasteiger partial charge in [0.1, 0.15) is 5.54 Å². The number of carbonyl (C=O) groups excluding carboxylic acids is 1. The highest BCUT2D eigenvalue weighted by Crippen LogP contribution is 2.46. The van der Waals surface area contributed by atoms with Gasteiger partial charge in [-0.1, -0.05) is 24.3 Å². The quantitative estimate of drug-likeness (QED) is 0.732. The number of fused-ring (bicyclic) bond motifs is 3. The molecule has 4 unspecified atom stereocenters. The second-order valence-electron chi connectivity index (χ2n) is 7.80. The van der Waals surface area contributed by atoms with E-state index in [1.165, 1.54) is 0 Å². The Balaban J connectivity index is 1.93. The Bertz CT molecular complexity index is 704. The zero-order valence-electron chi connectivity index (χ0n) is 15.5. The summed E-state index contributed by atoms with van der Waals surface area (Å²) in [6, 6.07) is 7.73. The number of hydrogen-bond donors (Lipinski definition) is 2. The van der Waals surface area contributed by atoms with Gasteiger partial charge in [-0.15, -0.1) is 0 Å². The van der Waals surface area contributed by atoms with Crippen LogP contribution >= 0.6 is 0 Å². The van der Waals surface area contributed by atoms with Crippen LogP contribution in [0.15, 0.2) is 24.3 Å². The molecule has 3 fully saturated rings. The van der Waals surface area contributed by atoms with Crippen LogP contribution in [0.5, 0.6) is 0 Å². The van der Waals surface area contributed by atoms with E-state index in [-0.39, 0.29) is 31.0 Å². The summed E-state index contributed by atoms with van der Waals surface area (Å²) in [6.45, 7) is 4.15. The first kappa shape index (κ1) is 19.6. The first-order valence-electron chi connectivity index (χ1n) is 8.90. The number of piperidine rings is 3. The number of nitrogens with zero attached hydrogens (tertiary/aromatic N) is 1. The fourth-order valence-electron chi connectivity index (χ4n) is 4.37. The van der Waals surface area contributed by atoms with Crippen LogP contribution < -0.4 is 0 Å². The average Bonchev–Trinajstić information content (AvgIpc) is 2.64. The lowest BCUT2D eigenvalue weighted by molar-refractivity contribution is -0.166.